The van der Waals surface area contributed by atoms with Gasteiger partial charge < -0.3 is 15.4 Å². The van der Waals surface area contributed by atoms with Crippen LogP contribution in [0.15, 0.2) is 22.7 Å². The molecule has 0 saturated heterocycles. The molecule has 5 nitrogen and oxygen atoms in total. The van der Waals surface area contributed by atoms with Gasteiger partial charge in [0.2, 0.25) is 0 Å². The average molecular weight is 241 g/mol. The fraction of sp³-hybridized carbons (Fsp3) is 0.200. The molecule has 2 rings (SSSR count). The Balaban J connectivity index is 2.36. The first kappa shape index (κ1) is 11.6. The van der Waals surface area contributed by atoms with Gasteiger partial charge in [-0.05, 0) is 12.1 Å². The Morgan fingerprint density at radius 3 is 2.53 bits per heavy atom. The van der Waals surface area contributed by atoms with Gasteiger partial charge in [-0.15, -0.1) is 0 Å². The zero-order valence-electron chi connectivity index (χ0n) is 8.60. The van der Waals surface area contributed by atoms with Crippen molar-refractivity contribution >= 4 is 0 Å². The maximum absolute atomic E-state index is 13.0. The van der Waals surface area contributed by atoms with Crippen molar-refractivity contribution < 1.29 is 18.4 Å². The zero-order valence-corrected chi connectivity index (χ0v) is 8.60. The Kier molecular flexibility index (Phi) is 3.12. The summed E-state index contributed by atoms with van der Waals surface area (Å²) in [5, 5.41) is 12.3. The van der Waals surface area contributed by atoms with Crippen LogP contribution in [0.3, 0.4) is 0 Å². The van der Waals surface area contributed by atoms with E-state index in [1.54, 1.807) is 0 Å². The van der Waals surface area contributed by atoms with Crippen LogP contribution in [0.2, 0.25) is 0 Å². The molecular formula is C10H9F2N3O2. The monoisotopic (exact) mass is 241 g/mol. The molecule has 0 aliphatic rings. The van der Waals surface area contributed by atoms with E-state index in [0.29, 0.717) is 0 Å². The van der Waals surface area contributed by atoms with Gasteiger partial charge in [0, 0.05) is 11.6 Å². The summed E-state index contributed by atoms with van der Waals surface area (Å²) in [5.74, 6) is -1.47. The SMILES string of the molecule is NC(CO)c1noc(-c2cc(F)cc(F)c2)n1. The number of aliphatic hydroxyl groups excluding tert-OH is 1. The number of nitrogens with zero attached hydrogens (tertiary/aromatic N) is 2. The highest BCUT2D eigenvalue weighted by molar-refractivity contribution is 5.52. The second-order valence-electron chi connectivity index (χ2n) is 3.40. The Morgan fingerprint density at radius 1 is 1.29 bits per heavy atom. The van der Waals surface area contributed by atoms with Gasteiger partial charge in [-0.3, -0.25) is 0 Å². The lowest BCUT2D eigenvalue weighted by Gasteiger charge is -1.99. The molecule has 1 atom stereocenters. The maximum atomic E-state index is 13.0. The number of nitrogens with two attached hydrogens (primary N) is 1. The summed E-state index contributed by atoms with van der Waals surface area (Å²) in [6.45, 7) is -0.351. The van der Waals surface area contributed by atoms with Crippen molar-refractivity contribution in [1.82, 2.24) is 10.1 Å². The van der Waals surface area contributed by atoms with Crippen molar-refractivity contribution in [2.24, 2.45) is 5.73 Å². The van der Waals surface area contributed by atoms with Gasteiger partial charge in [-0.2, -0.15) is 4.98 Å². The van der Waals surface area contributed by atoms with Crippen LogP contribution in [0.25, 0.3) is 11.5 Å². The second-order valence-corrected chi connectivity index (χ2v) is 3.40. The third-order valence-electron chi connectivity index (χ3n) is 2.08. The van der Waals surface area contributed by atoms with Gasteiger partial charge in [-0.1, -0.05) is 5.16 Å². The molecule has 0 fully saturated rings. The van der Waals surface area contributed by atoms with Crippen LogP contribution in [0.1, 0.15) is 11.9 Å². The summed E-state index contributed by atoms with van der Waals surface area (Å²) in [7, 11) is 0. The quantitative estimate of drug-likeness (QED) is 0.837. The smallest absolute Gasteiger partial charge is 0.258 e. The third-order valence-corrected chi connectivity index (χ3v) is 2.08. The highest BCUT2D eigenvalue weighted by Gasteiger charge is 2.15. The van der Waals surface area contributed by atoms with Crippen molar-refractivity contribution in [1.29, 1.82) is 0 Å². The van der Waals surface area contributed by atoms with Crippen molar-refractivity contribution in [3.05, 3.63) is 35.7 Å². The Bertz CT molecular complexity index is 510. The summed E-state index contributed by atoms with van der Waals surface area (Å²) >= 11 is 0. The van der Waals surface area contributed by atoms with Crippen LogP contribution in [0.5, 0.6) is 0 Å². The van der Waals surface area contributed by atoms with E-state index in [9.17, 15) is 8.78 Å². The molecule has 0 amide bonds. The van der Waals surface area contributed by atoms with Crippen LogP contribution >= 0.6 is 0 Å². The lowest BCUT2D eigenvalue weighted by molar-refractivity contribution is 0.260. The highest BCUT2D eigenvalue weighted by atomic mass is 19.1. The number of halogens is 2. The second kappa shape index (κ2) is 4.56. The standard InChI is InChI=1S/C10H9F2N3O2/c11-6-1-5(2-7(12)3-6)10-14-9(15-17-10)8(13)4-16/h1-3,8,16H,4,13H2. The molecule has 1 aromatic carbocycles. The first-order valence-electron chi connectivity index (χ1n) is 4.76. The average Bonchev–Trinajstić information content (AvgIpc) is 2.76. The van der Waals surface area contributed by atoms with Crippen molar-refractivity contribution in [3.63, 3.8) is 0 Å². The number of aromatic nitrogens is 2. The predicted molar refractivity (Wildman–Crippen MR) is 53.7 cm³/mol. The van der Waals surface area contributed by atoms with Gasteiger partial charge in [0.25, 0.3) is 5.89 Å². The minimum absolute atomic E-state index is 0.0534. The Morgan fingerprint density at radius 2 is 1.94 bits per heavy atom. The highest BCUT2D eigenvalue weighted by Crippen LogP contribution is 2.20. The number of rotatable bonds is 3. The third kappa shape index (κ3) is 2.45. The van der Waals surface area contributed by atoms with Crippen LogP contribution in [-0.4, -0.2) is 21.9 Å². The lowest BCUT2D eigenvalue weighted by Crippen LogP contribution is -2.15. The van der Waals surface area contributed by atoms with E-state index in [0.717, 1.165) is 18.2 Å². The molecule has 7 heteroatoms. The summed E-state index contributed by atoms with van der Waals surface area (Å²) in [6.07, 6.45) is 0. The minimum atomic E-state index is -0.786. The van der Waals surface area contributed by atoms with E-state index in [-0.39, 0.29) is 23.9 Å². The van der Waals surface area contributed by atoms with Gasteiger partial charge in [0.1, 0.15) is 11.6 Å². The van der Waals surface area contributed by atoms with Gasteiger partial charge in [0.15, 0.2) is 5.82 Å². The molecule has 0 saturated carbocycles. The molecule has 1 heterocycles. The predicted octanol–water partition coefficient (Wildman–Crippen LogP) is 1.01. The molecular weight excluding hydrogens is 232 g/mol. The molecule has 3 N–H and O–H groups in total. The van der Waals surface area contributed by atoms with Crippen molar-refractivity contribution in [2.75, 3.05) is 6.61 Å². The maximum Gasteiger partial charge on any atom is 0.258 e. The first-order valence-corrected chi connectivity index (χ1v) is 4.76. The molecule has 0 radical (unpaired) electrons. The fourth-order valence-electron chi connectivity index (χ4n) is 1.26. The van der Waals surface area contributed by atoms with E-state index >= 15 is 0 Å². The Hall–Kier alpha value is -1.86. The zero-order chi connectivity index (χ0) is 12.4. The summed E-state index contributed by atoms with van der Waals surface area (Å²) in [6, 6.07) is 2.07. The first-order chi connectivity index (χ1) is 8.10. The molecule has 0 aliphatic heterocycles. The molecule has 0 bridgehead atoms. The number of aliphatic hydroxyl groups is 1. The summed E-state index contributed by atoms with van der Waals surface area (Å²) in [4.78, 5) is 3.84. The van der Waals surface area contributed by atoms with E-state index in [2.05, 4.69) is 10.1 Å². The largest absolute Gasteiger partial charge is 0.394 e. The Labute approximate surface area is 94.9 Å². The number of hydrogen-bond donors (Lipinski definition) is 2. The number of benzene rings is 1. The summed E-state index contributed by atoms with van der Waals surface area (Å²) in [5.41, 5.74) is 5.58. The molecule has 1 aromatic heterocycles. The van der Waals surface area contributed by atoms with Gasteiger partial charge in [0.05, 0.1) is 12.6 Å². The van der Waals surface area contributed by atoms with Crippen LogP contribution in [0.4, 0.5) is 8.78 Å². The van der Waals surface area contributed by atoms with Gasteiger partial charge >= 0.3 is 0 Å². The molecule has 90 valence electrons. The van der Waals surface area contributed by atoms with Crippen LogP contribution in [0, 0.1) is 11.6 Å². The van der Waals surface area contributed by atoms with E-state index in [1.807, 2.05) is 0 Å². The lowest BCUT2D eigenvalue weighted by atomic mass is 10.2. The molecule has 1 unspecified atom stereocenters. The van der Waals surface area contributed by atoms with E-state index in [1.165, 1.54) is 0 Å². The van der Waals surface area contributed by atoms with E-state index in [4.69, 9.17) is 15.4 Å². The molecule has 0 spiro atoms. The number of hydrogen-bond acceptors (Lipinski definition) is 5. The topological polar surface area (TPSA) is 85.2 Å². The fourth-order valence-corrected chi connectivity index (χ4v) is 1.26. The van der Waals surface area contributed by atoms with Crippen LogP contribution < -0.4 is 5.73 Å². The molecule has 0 aliphatic carbocycles. The van der Waals surface area contributed by atoms with E-state index < -0.39 is 17.7 Å². The molecule has 17 heavy (non-hydrogen) atoms. The molecule has 2 aromatic rings. The minimum Gasteiger partial charge on any atom is -0.394 e. The van der Waals surface area contributed by atoms with Crippen molar-refractivity contribution in [3.8, 4) is 11.5 Å². The summed E-state index contributed by atoms with van der Waals surface area (Å²) < 4.78 is 30.7. The van der Waals surface area contributed by atoms with Gasteiger partial charge in [-0.25, -0.2) is 8.78 Å². The van der Waals surface area contributed by atoms with Crippen molar-refractivity contribution in [2.45, 2.75) is 6.04 Å². The normalized spacial score (nSPS) is 12.7. The van der Waals surface area contributed by atoms with Crippen LogP contribution in [-0.2, 0) is 0 Å².